The number of benzene rings is 1. The molecule has 1 aromatic rings. The van der Waals surface area contributed by atoms with Crippen LogP contribution in [0.2, 0.25) is 0 Å². The second-order valence-electron chi connectivity index (χ2n) is 4.28. The molecule has 0 atom stereocenters. The van der Waals surface area contributed by atoms with Crippen molar-refractivity contribution in [2.45, 2.75) is 19.9 Å². The zero-order chi connectivity index (χ0) is 14.8. The van der Waals surface area contributed by atoms with E-state index in [4.69, 9.17) is 5.11 Å². The Morgan fingerprint density at radius 1 is 1.25 bits per heavy atom. The predicted octanol–water partition coefficient (Wildman–Crippen LogP) is 1.31. The summed E-state index contributed by atoms with van der Waals surface area (Å²) in [7, 11) is 0. The third-order valence-electron chi connectivity index (χ3n) is 2.77. The lowest BCUT2D eigenvalue weighted by Crippen LogP contribution is -2.33. The molecule has 0 bridgehead atoms. The number of carbonyl (C=O) groups is 2. The van der Waals surface area contributed by atoms with Gasteiger partial charge in [-0.05, 0) is 12.0 Å². The smallest absolute Gasteiger partial charge is 0.331 e. The highest BCUT2D eigenvalue weighted by Gasteiger charge is 2.03. The fraction of sp³-hybridized carbons (Fsp3) is 0.333. The number of carbonyl (C=O) groups excluding carboxylic acids is 1. The Labute approximate surface area is 118 Å². The summed E-state index contributed by atoms with van der Waals surface area (Å²) in [4.78, 5) is 22.3. The van der Waals surface area contributed by atoms with Crippen LogP contribution in [0.25, 0.3) is 0 Å². The van der Waals surface area contributed by atoms with Crippen molar-refractivity contribution >= 4 is 11.9 Å². The number of hydrogen-bond donors (Lipinski definition) is 3. The Bertz CT molecular complexity index is 469. The molecular weight excluding hydrogens is 256 g/mol. The highest BCUT2D eigenvalue weighted by atomic mass is 16.4. The van der Waals surface area contributed by atoms with Gasteiger partial charge in [0, 0.05) is 18.7 Å². The van der Waals surface area contributed by atoms with Crippen LogP contribution in [-0.4, -0.2) is 30.1 Å². The van der Waals surface area contributed by atoms with Crippen LogP contribution in [0.4, 0.5) is 0 Å². The van der Waals surface area contributed by atoms with Gasteiger partial charge in [0.25, 0.3) is 0 Å². The molecule has 1 rings (SSSR count). The molecule has 0 heterocycles. The third kappa shape index (κ3) is 6.15. The molecule has 0 spiro atoms. The summed E-state index contributed by atoms with van der Waals surface area (Å²) in [5, 5.41) is 14.5. The first kappa shape index (κ1) is 15.9. The normalized spacial score (nSPS) is 11.2. The maximum atomic E-state index is 11.6. The summed E-state index contributed by atoms with van der Waals surface area (Å²) < 4.78 is 0. The van der Waals surface area contributed by atoms with Crippen LogP contribution in [0.15, 0.2) is 42.0 Å². The zero-order valence-corrected chi connectivity index (χ0v) is 11.6. The van der Waals surface area contributed by atoms with E-state index in [-0.39, 0.29) is 12.5 Å². The molecule has 1 amide bonds. The van der Waals surface area contributed by atoms with E-state index in [9.17, 15) is 9.59 Å². The van der Waals surface area contributed by atoms with E-state index in [1.807, 2.05) is 30.3 Å². The quantitative estimate of drug-likeness (QED) is 0.494. The topological polar surface area (TPSA) is 78.4 Å². The van der Waals surface area contributed by atoms with Crippen LogP contribution in [0.5, 0.6) is 0 Å². The highest BCUT2D eigenvalue weighted by molar-refractivity contribution is 5.86. The van der Waals surface area contributed by atoms with Crippen LogP contribution in [0.1, 0.15) is 18.9 Å². The largest absolute Gasteiger partial charge is 0.478 e. The average Bonchev–Trinajstić information content (AvgIpc) is 2.46. The molecule has 5 heteroatoms. The molecule has 1 aromatic carbocycles. The van der Waals surface area contributed by atoms with Crippen molar-refractivity contribution < 1.29 is 14.7 Å². The van der Waals surface area contributed by atoms with Crippen molar-refractivity contribution in [1.82, 2.24) is 10.6 Å². The molecule has 0 radical (unpaired) electrons. The lowest BCUT2D eigenvalue weighted by atomic mass is 10.2. The van der Waals surface area contributed by atoms with Gasteiger partial charge in [-0.25, -0.2) is 4.79 Å². The molecule has 0 saturated carbocycles. The van der Waals surface area contributed by atoms with E-state index in [2.05, 4.69) is 10.6 Å². The third-order valence-corrected chi connectivity index (χ3v) is 2.77. The summed E-state index contributed by atoms with van der Waals surface area (Å²) >= 11 is 0. The van der Waals surface area contributed by atoms with Gasteiger partial charge in [0.15, 0.2) is 0 Å². The van der Waals surface area contributed by atoms with Gasteiger partial charge in [0.05, 0.1) is 6.54 Å². The van der Waals surface area contributed by atoms with Gasteiger partial charge in [0.2, 0.25) is 5.91 Å². The van der Waals surface area contributed by atoms with E-state index in [0.29, 0.717) is 25.1 Å². The van der Waals surface area contributed by atoms with E-state index in [0.717, 1.165) is 5.56 Å². The fourth-order valence-electron chi connectivity index (χ4n) is 1.62. The van der Waals surface area contributed by atoms with E-state index in [1.54, 1.807) is 13.0 Å². The lowest BCUT2D eigenvalue weighted by Gasteiger charge is -2.06. The number of hydrogen-bond acceptors (Lipinski definition) is 3. The molecule has 0 aliphatic carbocycles. The number of carboxylic acid groups (broad SMARTS) is 1. The average molecular weight is 276 g/mol. The van der Waals surface area contributed by atoms with Crippen LogP contribution in [-0.2, 0) is 16.1 Å². The number of aliphatic carboxylic acids is 1. The maximum absolute atomic E-state index is 11.6. The second-order valence-corrected chi connectivity index (χ2v) is 4.28. The summed E-state index contributed by atoms with van der Waals surface area (Å²) in [6.07, 6.45) is 2.06. The van der Waals surface area contributed by atoms with E-state index in [1.165, 1.54) is 0 Å². The van der Waals surface area contributed by atoms with Gasteiger partial charge in [-0.15, -0.1) is 0 Å². The van der Waals surface area contributed by atoms with E-state index >= 15 is 0 Å². The first-order valence-electron chi connectivity index (χ1n) is 6.57. The summed E-state index contributed by atoms with van der Waals surface area (Å²) in [6.45, 7) is 2.81. The first-order valence-corrected chi connectivity index (χ1v) is 6.57. The SMILES string of the molecule is CC/C(=C/CNCC(=O)NCc1ccccc1)C(=O)O. The monoisotopic (exact) mass is 276 g/mol. The van der Waals surface area contributed by atoms with Crippen molar-refractivity contribution in [3.05, 3.63) is 47.5 Å². The number of rotatable bonds is 8. The minimum Gasteiger partial charge on any atom is -0.478 e. The maximum Gasteiger partial charge on any atom is 0.331 e. The second kappa shape index (κ2) is 8.87. The minimum absolute atomic E-state index is 0.115. The molecule has 0 aliphatic heterocycles. The van der Waals surface area contributed by atoms with Gasteiger partial charge >= 0.3 is 5.97 Å². The van der Waals surface area contributed by atoms with Gasteiger partial charge in [-0.3, -0.25) is 4.79 Å². The molecule has 5 nitrogen and oxygen atoms in total. The Kier molecular flexibility index (Phi) is 7.06. The standard InChI is InChI=1S/C15H20N2O3/c1-2-13(15(19)20)8-9-16-11-14(18)17-10-12-6-4-3-5-7-12/h3-8,16H,2,9-11H2,1H3,(H,17,18)(H,19,20)/b13-8-. The van der Waals surface area contributed by atoms with Gasteiger partial charge in [-0.1, -0.05) is 43.3 Å². The van der Waals surface area contributed by atoms with Crippen molar-refractivity contribution in [2.75, 3.05) is 13.1 Å². The molecule has 0 fully saturated rings. The summed E-state index contributed by atoms with van der Waals surface area (Å²) in [5.41, 5.74) is 1.39. The predicted molar refractivity (Wildman–Crippen MR) is 77.2 cm³/mol. The van der Waals surface area contributed by atoms with Crippen molar-refractivity contribution in [2.24, 2.45) is 0 Å². The van der Waals surface area contributed by atoms with Gasteiger partial charge < -0.3 is 15.7 Å². The molecule has 20 heavy (non-hydrogen) atoms. The molecule has 0 aliphatic rings. The van der Waals surface area contributed by atoms with Gasteiger partial charge in [-0.2, -0.15) is 0 Å². The van der Waals surface area contributed by atoms with Crippen LogP contribution in [0.3, 0.4) is 0 Å². The van der Waals surface area contributed by atoms with Crippen LogP contribution >= 0.6 is 0 Å². The molecular formula is C15H20N2O3. The first-order chi connectivity index (χ1) is 9.63. The summed E-state index contributed by atoms with van der Waals surface area (Å²) in [5.74, 6) is -1.03. The minimum atomic E-state index is -0.914. The number of amides is 1. The number of carboxylic acids is 1. The molecule has 0 aromatic heterocycles. The Hall–Kier alpha value is -2.14. The van der Waals surface area contributed by atoms with Gasteiger partial charge in [0.1, 0.15) is 0 Å². The molecule has 108 valence electrons. The Morgan fingerprint density at radius 3 is 2.55 bits per heavy atom. The fourth-order valence-corrected chi connectivity index (χ4v) is 1.62. The summed E-state index contributed by atoms with van der Waals surface area (Å²) in [6, 6.07) is 9.64. The number of nitrogens with one attached hydrogen (secondary N) is 2. The van der Waals surface area contributed by atoms with Crippen LogP contribution < -0.4 is 10.6 Å². The lowest BCUT2D eigenvalue weighted by molar-refractivity contribution is -0.132. The van der Waals surface area contributed by atoms with E-state index < -0.39 is 5.97 Å². The Morgan fingerprint density at radius 2 is 1.95 bits per heavy atom. The highest BCUT2D eigenvalue weighted by Crippen LogP contribution is 1.99. The molecule has 3 N–H and O–H groups in total. The molecule has 0 unspecified atom stereocenters. The van der Waals surface area contributed by atoms with Crippen LogP contribution in [0, 0.1) is 0 Å². The van der Waals surface area contributed by atoms with Crippen molar-refractivity contribution in [1.29, 1.82) is 0 Å². The van der Waals surface area contributed by atoms with Crippen molar-refractivity contribution in [3.63, 3.8) is 0 Å². The zero-order valence-electron chi connectivity index (χ0n) is 11.6. The molecule has 0 saturated heterocycles. The Balaban J connectivity index is 2.22. The van der Waals surface area contributed by atoms with Crippen molar-refractivity contribution in [3.8, 4) is 0 Å².